The minimum Gasteiger partial charge on any atom is -0.387 e. The molecule has 0 amide bonds. The van der Waals surface area contributed by atoms with E-state index in [0.717, 1.165) is 0 Å². The number of aliphatic hydroxyl groups is 12. The maximum atomic E-state index is 12.1. The van der Waals surface area contributed by atoms with Crippen LogP contribution < -0.4 is 0 Å². The molecule has 2 aliphatic carbocycles. The molecule has 0 heterocycles. The monoisotopic (exact) mass is 454 g/mol. The van der Waals surface area contributed by atoms with Crippen molar-refractivity contribution in [3.05, 3.63) is 0 Å². The molecule has 0 saturated heterocycles. The molecule has 17 heteroatoms. The van der Waals surface area contributed by atoms with Gasteiger partial charge in [0.1, 0.15) is 61.0 Å². The van der Waals surface area contributed by atoms with Crippen LogP contribution in [0.25, 0.3) is 0 Å². The van der Waals surface area contributed by atoms with Crippen molar-refractivity contribution >= 4 is 10.4 Å². The van der Waals surface area contributed by atoms with Gasteiger partial charge in [-0.25, -0.2) is 8.37 Å². The molecule has 4 unspecified atom stereocenters. The minimum absolute atomic E-state index is 2.24. The Morgan fingerprint density at radius 2 is 0.690 bits per heavy atom. The molecule has 0 aliphatic heterocycles. The SMILES string of the molecule is O=S(=O)(OC1(O)[C@H](O)[C@H](O)C(O)[C@H](O)[C@H]1O)OC1(O)[C@H](O)[C@H](O)C(O)[C@H](O)[C@H]1O. The fourth-order valence-electron chi connectivity index (χ4n) is 3.02. The van der Waals surface area contributed by atoms with E-state index in [1.54, 1.807) is 0 Å². The molecule has 0 spiro atoms. The Morgan fingerprint density at radius 3 is 0.897 bits per heavy atom. The molecular formula is C12H22O16S. The molecule has 0 aromatic rings. The Balaban J connectivity index is 2.33. The van der Waals surface area contributed by atoms with Crippen LogP contribution in [0.3, 0.4) is 0 Å². The van der Waals surface area contributed by atoms with Crippen LogP contribution >= 0.6 is 0 Å². The molecule has 16 nitrogen and oxygen atoms in total. The van der Waals surface area contributed by atoms with Crippen molar-refractivity contribution in [3.8, 4) is 0 Å². The number of aliphatic hydroxyl groups excluding tert-OH is 10. The Hall–Kier alpha value is -0.610. The van der Waals surface area contributed by atoms with Gasteiger partial charge in [0.2, 0.25) is 11.6 Å². The molecule has 0 radical (unpaired) electrons. The average Bonchev–Trinajstić information content (AvgIpc) is 2.64. The molecule has 2 aliphatic rings. The van der Waals surface area contributed by atoms with Crippen LogP contribution in [0.1, 0.15) is 0 Å². The first-order chi connectivity index (χ1) is 13.0. The number of hydrogen-bond acceptors (Lipinski definition) is 16. The zero-order valence-corrected chi connectivity index (χ0v) is 15.0. The van der Waals surface area contributed by atoms with Gasteiger partial charge in [-0.15, -0.1) is 0 Å². The van der Waals surface area contributed by atoms with Gasteiger partial charge in [-0.2, -0.15) is 8.42 Å². The summed E-state index contributed by atoms with van der Waals surface area (Å²) in [6, 6.07) is 0. The van der Waals surface area contributed by atoms with E-state index in [2.05, 4.69) is 8.37 Å². The first kappa shape index (κ1) is 24.7. The van der Waals surface area contributed by atoms with E-state index in [0.29, 0.717) is 0 Å². The van der Waals surface area contributed by atoms with Crippen molar-refractivity contribution < 1.29 is 78.1 Å². The number of hydrogen-bond donors (Lipinski definition) is 12. The van der Waals surface area contributed by atoms with Crippen LogP contribution in [0, 0.1) is 0 Å². The summed E-state index contributed by atoms with van der Waals surface area (Å²) in [5, 5.41) is 116. The summed E-state index contributed by atoms with van der Waals surface area (Å²) in [6.45, 7) is 0. The summed E-state index contributed by atoms with van der Waals surface area (Å²) < 4.78 is 32.2. The second-order valence-electron chi connectivity index (χ2n) is 6.80. The third-order valence-electron chi connectivity index (χ3n) is 4.86. The zero-order valence-electron chi connectivity index (χ0n) is 14.2. The largest absolute Gasteiger partial charge is 0.405 e. The van der Waals surface area contributed by atoms with Gasteiger partial charge < -0.3 is 61.3 Å². The summed E-state index contributed by atoms with van der Waals surface area (Å²) in [4.78, 5) is 0. The lowest BCUT2D eigenvalue weighted by Gasteiger charge is -2.48. The lowest BCUT2D eigenvalue weighted by atomic mass is 9.82. The minimum atomic E-state index is -5.91. The van der Waals surface area contributed by atoms with E-state index < -0.39 is 83.0 Å². The zero-order chi connectivity index (χ0) is 22.7. The first-order valence-corrected chi connectivity index (χ1v) is 9.26. The van der Waals surface area contributed by atoms with Gasteiger partial charge in [-0.1, -0.05) is 0 Å². The molecule has 12 N–H and O–H groups in total. The van der Waals surface area contributed by atoms with Gasteiger partial charge in [0.05, 0.1) is 0 Å². The maximum absolute atomic E-state index is 12.1. The molecule has 0 bridgehead atoms. The molecule has 172 valence electrons. The predicted octanol–water partition coefficient (Wildman–Crippen LogP) is -8.72. The smallest absolute Gasteiger partial charge is 0.387 e. The van der Waals surface area contributed by atoms with Gasteiger partial charge in [-0.05, 0) is 0 Å². The van der Waals surface area contributed by atoms with Crippen LogP contribution in [-0.4, -0.2) is 142 Å². The summed E-state index contributed by atoms with van der Waals surface area (Å²) in [6.07, 6.45) is -25.4. The second-order valence-corrected chi connectivity index (χ2v) is 7.95. The predicted molar refractivity (Wildman–Crippen MR) is 81.1 cm³/mol. The van der Waals surface area contributed by atoms with E-state index in [1.165, 1.54) is 0 Å². The summed E-state index contributed by atoms with van der Waals surface area (Å²) in [5.41, 5.74) is 0. The average molecular weight is 454 g/mol. The van der Waals surface area contributed by atoms with Crippen LogP contribution in [0.15, 0.2) is 0 Å². The number of rotatable bonds is 4. The fourth-order valence-corrected chi connectivity index (χ4v) is 4.10. The van der Waals surface area contributed by atoms with Crippen LogP contribution in [0.4, 0.5) is 0 Å². The summed E-state index contributed by atoms with van der Waals surface area (Å²) >= 11 is 0. The Morgan fingerprint density at radius 1 is 0.483 bits per heavy atom. The van der Waals surface area contributed by atoms with E-state index in [4.69, 9.17) is 0 Å². The third-order valence-corrected chi connectivity index (χ3v) is 5.80. The van der Waals surface area contributed by atoms with Gasteiger partial charge in [0.15, 0.2) is 0 Å². The Labute approximate surface area is 162 Å². The highest BCUT2D eigenvalue weighted by Gasteiger charge is 2.64. The van der Waals surface area contributed by atoms with Gasteiger partial charge in [-0.3, -0.25) is 0 Å². The van der Waals surface area contributed by atoms with Crippen LogP contribution in [0.5, 0.6) is 0 Å². The quantitative estimate of drug-likeness (QED) is 0.175. The second kappa shape index (κ2) is 7.82. The molecular weight excluding hydrogens is 432 g/mol. The molecule has 0 aromatic carbocycles. The van der Waals surface area contributed by atoms with E-state index in [-0.39, 0.29) is 0 Å². The standard InChI is InChI=1S/C12H22O16S/c13-1-3(15)7(19)11(23,8(20)4(1)16)27-29(25,26)28-12(24)9(21)5(17)2(14)6(18)10(12)22/h1-10,13-24H/t1?,2?,3-,4+,5-,6+,7-,8-,9-,10-,11?,12?/m1/s1. The van der Waals surface area contributed by atoms with Gasteiger partial charge in [0.25, 0.3) is 0 Å². The first-order valence-electron chi connectivity index (χ1n) is 7.93. The van der Waals surface area contributed by atoms with Crippen molar-refractivity contribution in [2.75, 3.05) is 0 Å². The topological polar surface area (TPSA) is 295 Å². The Kier molecular flexibility index (Phi) is 6.65. The van der Waals surface area contributed by atoms with Crippen molar-refractivity contribution in [2.24, 2.45) is 0 Å². The van der Waals surface area contributed by atoms with Crippen molar-refractivity contribution in [2.45, 2.75) is 72.6 Å². The van der Waals surface area contributed by atoms with Crippen molar-refractivity contribution in [1.29, 1.82) is 0 Å². The van der Waals surface area contributed by atoms with E-state index in [1.807, 2.05) is 0 Å². The molecule has 2 saturated carbocycles. The van der Waals surface area contributed by atoms with Crippen LogP contribution in [0.2, 0.25) is 0 Å². The molecule has 0 aromatic heterocycles. The highest BCUT2D eigenvalue weighted by molar-refractivity contribution is 7.81. The molecule has 2 fully saturated rings. The lowest BCUT2D eigenvalue weighted by molar-refractivity contribution is -0.348. The van der Waals surface area contributed by atoms with Crippen molar-refractivity contribution in [1.82, 2.24) is 0 Å². The lowest BCUT2D eigenvalue weighted by Crippen LogP contribution is -2.73. The molecule has 2 rings (SSSR count). The normalized spacial score (nSPS) is 54.3. The van der Waals surface area contributed by atoms with Gasteiger partial charge in [0, 0.05) is 0 Å². The third kappa shape index (κ3) is 3.89. The highest BCUT2D eigenvalue weighted by Crippen LogP contribution is 2.37. The summed E-state index contributed by atoms with van der Waals surface area (Å²) in [7, 11) is -5.91. The van der Waals surface area contributed by atoms with E-state index in [9.17, 15) is 69.7 Å². The maximum Gasteiger partial charge on any atom is 0.405 e. The highest BCUT2D eigenvalue weighted by atomic mass is 32.3. The van der Waals surface area contributed by atoms with Gasteiger partial charge >= 0.3 is 10.4 Å². The van der Waals surface area contributed by atoms with Crippen molar-refractivity contribution in [3.63, 3.8) is 0 Å². The fraction of sp³-hybridized carbons (Fsp3) is 1.00. The molecule has 29 heavy (non-hydrogen) atoms. The van der Waals surface area contributed by atoms with E-state index >= 15 is 0 Å². The molecule has 12 atom stereocenters. The van der Waals surface area contributed by atoms with Crippen LogP contribution in [-0.2, 0) is 18.8 Å². The Bertz CT molecular complexity index is 614. The summed E-state index contributed by atoms with van der Waals surface area (Å²) in [5.74, 6) is -7.54.